The van der Waals surface area contributed by atoms with E-state index in [-0.39, 0.29) is 30.8 Å². The molecule has 33 heavy (non-hydrogen) atoms. The molecule has 0 aromatic heterocycles. The van der Waals surface area contributed by atoms with Crippen LogP contribution in [0.5, 0.6) is 0 Å². The standard InChI is InChI=1S/C25H28N2O6/c28-14-6-2-1-5-13-26-21(25(32)33)11-12-22(29)27-24(31)16-9-10-18-17-7-3-4-8-19(17)23(30)20(18)15-16/h3-4,7-10,15,21,26,28H,1-2,5-6,11-14H2,(H,32,33)(H,27,29,31)/t21-/m0/s1. The van der Waals surface area contributed by atoms with E-state index >= 15 is 0 Å². The maximum atomic E-state index is 12.6. The van der Waals surface area contributed by atoms with Gasteiger partial charge < -0.3 is 15.5 Å². The zero-order valence-corrected chi connectivity index (χ0v) is 18.3. The van der Waals surface area contributed by atoms with Crippen molar-refractivity contribution in [2.45, 2.75) is 44.6 Å². The van der Waals surface area contributed by atoms with Crippen LogP contribution in [0.4, 0.5) is 0 Å². The molecule has 0 saturated carbocycles. The molecule has 0 unspecified atom stereocenters. The first-order chi connectivity index (χ1) is 15.9. The summed E-state index contributed by atoms with van der Waals surface area (Å²) in [4.78, 5) is 48.8. The van der Waals surface area contributed by atoms with Crippen molar-refractivity contribution in [3.8, 4) is 11.1 Å². The van der Waals surface area contributed by atoms with E-state index in [1.807, 2.05) is 12.1 Å². The largest absolute Gasteiger partial charge is 0.480 e. The summed E-state index contributed by atoms with van der Waals surface area (Å²) in [6.45, 7) is 0.642. The summed E-state index contributed by atoms with van der Waals surface area (Å²) in [7, 11) is 0. The molecule has 0 saturated heterocycles. The smallest absolute Gasteiger partial charge is 0.320 e. The van der Waals surface area contributed by atoms with E-state index < -0.39 is 23.8 Å². The molecule has 0 fully saturated rings. The number of carbonyl (C=O) groups excluding carboxylic acids is 3. The fraction of sp³-hybridized carbons (Fsp3) is 0.360. The van der Waals surface area contributed by atoms with Crippen molar-refractivity contribution in [1.82, 2.24) is 10.6 Å². The minimum atomic E-state index is -1.05. The Kier molecular flexibility index (Phi) is 8.46. The van der Waals surface area contributed by atoms with Crippen molar-refractivity contribution in [3.63, 3.8) is 0 Å². The van der Waals surface area contributed by atoms with E-state index in [4.69, 9.17) is 5.11 Å². The number of aliphatic carboxylic acids is 1. The molecule has 2 aromatic carbocycles. The quantitative estimate of drug-likeness (QED) is 0.310. The second kappa shape index (κ2) is 11.5. The molecule has 1 aliphatic carbocycles. The van der Waals surface area contributed by atoms with Gasteiger partial charge in [0.2, 0.25) is 5.91 Å². The van der Waals surface area contributed by atoms with Crippen molar-refractivity contribution in [2.24, 2.45) is 0 Å². The molecule has 2 aromatic rings. The molecule has 8 heteroatoms. The number of carboxylic acid groups (broad SMARTS) is 1. The summed E-state index contributed by atoms with van der Waals surface area (Å²) < 4.78 is 0. The van der Waals surface area contributed by atoms with Crippen LogP contribution in [0.1, 0.15) is 64.8 Å². The minimum absolute atomic E-state index is 0.0447. The first kappa shape index (κ1) is 24.3. The number of imide groups is 1. The van der Waals surface area contributed by atoms with Crippen LogP contribution in [-0.4, -0.2) is 53.0 Å². The van der Waals surface area contributed by atoms with Gasteiger partial charge in [0.25, 0.3) is 5.91 Å². The number of aliphatic hydroxyl groups is 1. The van der Waals surface area contributed by atoms with E-state index in [1.165, 1.54) is 6.07 Å². The van der Waals surface area contributed by atoms with Crippen LogP contribution in [0.25, 0.3) is 11.1 Å². The maximum absolute atomic E-state index is 12.6. The number of unbranched alkanes of at least 4 members (excludes halogenated alkanes) is 3. The molecule has 0 radical (unpaired) electrons. The number of hydrogen-bond acceptors (Lipinski definition) is 6. The topological polar surface area (TPSA) is 133 Å². The van der Waals surface area contributed by atoms with Crippen LogP contribution < -0.4 is 10.6 Å². The Balaban J connectivity index is 1.51. The van der Waals surface area contributed by atoms with Crippen molar-refractivity contribution in [3.05, 3.63) is 59.2 Å². The molecule has 3 rings (SSSR count). The van der Waals surface area contributed by atoms with Gasteiger partial charge in [0.05, 0.1) is 0 Å². The SMILES string of the molecule is O=C(CC[C@H](NCCCCCCO)C(=O)O)NC(=O)c1ccc2c(c1)C(=O)c1ccccc1-2. The molecule has 174 valence electrons. The normalized spacial score (nSPS) is 12.7. The van der Waals surface area contributed by atoms with Gasteiger partial charge in [-0.05, 0) is 49.1 Å². The summed E-state index contributed by atoms with van der Waals surface area (Å²) >= 11 is 0. The predicted octanol–water partition coefficient (Wildman–Crippen LogP) is 2.53. The third-order valence-electron chi connectivity index (χ3n) is 5.67. The summed E-state index contributed by atoms with van der Waals surface area (Å²) in [6.07, 6.45) is 3.17. The first-order valence-corrected chi connectivity index (χ1v) is 11.1. The van der Waals surface area contributed by atoms with Crippen molar-refractivity contribution in [2.75, 3.05) is 13.2 Å². The number of ketones is 1. The monoisotopic (exact) mass is 452 g/mol. The number of hydrogen-bond donors (Lipinski definition) is 4. The van der Waals surface area contributed by atoms with Crippen LogP contribution in [-0.2, 0) is 9.59 Å². The number of nitrogens with one attached hydrogen (secondary N) is 2. The van der Waals surface area contributed by atoms with Gasteiger partial charge in [-0.15, -0.1) is 0 Å². The number of rotatable bonds is 12. The molecule has 8 nitrogen and oxygen atoms in total. The zero-order valence-electron chi connectivity index (χ0n) is 18.3. The van der Waals surface area contributed by atoms with Gasteiger partial charge in [0.1, 0.15) is 6.04 Å². The first-order valence-electron chi connectivity index (χ1n) is 11.1. The van der Waals surface area contributed by atoms with E-state index in [2.05, 4.69) is 10.6 Å². The maximum Gasteiger partial charge on any atom is 0.320 e. The van der Waals surface area contributed by atoms with E-state index in [9.17, 15) is 24.3 Å². The number of aliphatic hydroxyl groups excluding tert-OH is 1. The zero-order chi connectivity index (χ0) is 23.8. The van der Waals surface area contributed by atoms with Crippen LogP contribution in [0.2, 0.25) is 0 Å². The van der Waals surface area contributed by atoms with Crippen molar-refractivity contribution in [1.29, 1.82) is 0 Å². The summed E-state index contributed by atoms with van der Waals surface area (Å²) in [5.41, 5.74) is 2.78. The van der Waals surface area contributed by atoms with Gasteiger partial charge in [0, 0.05) is 29.7 Å². The van der Waals surface area contributed by atoms with Gasteiger partial charge in [-0.25, -0.2) is 0 Å². The third kappa shape index (κ3) is 6.12. The Morgan fingerprint density at radius 1 is 0.879 bits per heavy atom. The Labute approximate surface area is 192 Å². The molecule has 0 heterocycles. The number of carbonyl (C=O) groups is 4. The lowest BCUT2D eigenvalue weighted by atomic mass is 10.0. The molecular formula is C25H28N2O6. The highest BCUT2D eigenvalue weighted by Crippen LogP contribution is 2.36. The fourth-order valence-corrected chi connectivity index (χ4v) is 3.89. The Bertz CT molecular complexity index is 1050. The van der Waals surface area contributed by atoms with Crippen molar-refractivity contribution < 1.29 is 29.4 Å². The molecule has 1 aliphatic rings. The highest BCUT2D eigenvalue weighted by Gasteiger charge is 2.27. The van der Waals surface area contributed by atoms with Gasteiger partial charge in [-0.2, -0.15) is 0 Å². The lowest BCUT2D eigenvalue weighted by molar-refractivity contribution is -0.139. The molecule has 1 atom stereocenters. The van der Waals surface area contributed by atoms with Crippen LogP contribution in [0.15, 0.2) is 42.5 Å². The second-order valence-electron chi connectivity index (χ2n) is 8.03. The minimum Gasteiger partial charge on any atom is -0.480 e. The lowest BCUT2D eigenvalue weighted by Crippen LogP contribution is -2.39. The van der Waals surface area contributed by atoms with Gasteiger partial charge in [-0.1, -0.05) is 43.2 Å². The highest BCUT2D eigenvalue weighted by molar-refractivity contribution is 6.22. The van der Waals surface area contributed by atoms with Crippen LogP contribution >= 0.6 is 0 Å². The lowest BCUT2D eigenvalue weighted by Gasteiger charge is -2.14. The number of amides is 2. The predicted molar refractivity (Wildman–Crippen MR) is 122 cm³/mol. The Hall–Kier alpha value is -3.36. The van der Waals surface area contributed by atoms with Gasteiger partial charge in [-0.3, -0.25) is 24.5 Å². The third-order valence-corrected chi connectivity index (χ3v) is 5.67. The fourth-order valence-electron chi connectivity index (χ4n) is 3.89. The summed E-state index contributed by atoms with van der Waals surface area (Å²) in [5, 5.41) is 23.3. The number of fused-ring (bicyclic) bond motifs is 3. The van der Waals surface area contributed by atoms with Gasteiger partial charge >= 0.3 is 5.97 Å². The van der Waals surface area contributed by atoms with Crippen LogP contribution in [0, 0.1) is 0 Å². The van der Waals surface area contributed by atoms with E-state index in [0.29, 0.717) is 17.7 Å². The molecule has 2 amide bonds. The average Bonchev–Trinajstić information content (AvgIpc) is 3.09. The van der Waals surface area contributed by atoms with E-state index in [0.717, 1.165) is 36.8 Å². The highest BCUT2D eigenvalue weighted by atomic mass is 16.4. The molecular weight excluding hydrogens is 424 g/mol. The van der Waals surface area contributed by atoms with Crippen LogP contribution in [0.3, 0.4) is 0 Å². The molecule has 0 bridgehead atoms. The second-order valence-corrected chi connectivity index (χ2v) is 8.03. The van der Waals surface area contributed by atoms with Gasteiger partial charge in [0.15, 0.2) is 5.78 Å². The Morgan fingerprint density at radius 3 is 2.30 bits per heavy atom. The summed E-state index contributed by atoms with van der Waals surface area (Å²) in [6, 6.07) is 11.1. The number of benzene rings is 2. The average molecular weight is 453 g/mol. The van der Waals surface area contributed by atoms with E-state index in [1.54, 1.807) is 24.3 Å². The molecule has 4 N–H and O–H groups in total. The van der Waals surface area contributed by atoms with Crippen molar-refractivity contribution >= 4 is 23.6 Å². The molecule has 0 aliphatic heterocycles. The number of carboxylic acids is 1. The Morgan fingerprint density at radius 2 is 1.58 bits per heavy atom. The summed E-state index contributed by atoms with van der Waals surface area (Å²) in [5.74, 6) is -2.42. The molecule has 0 spiro atoms.